The molecule has 0 aliphatic heterocycles. The third-order valence-corrected chi connectivity index (χ3v) is 23.8. The molecule has 4 atom stereocenters. The molecule has 3 N–H and O–H groups in total. The lowest BCUT2D eigenvalue weighted by molar-refractivity contribution is -0.138. The second kappa shape index (κ2) is 43.4. The number of thiol groups is 1. The standard InChI is InChI=1S/C35H26F3N5OS.C35H26F3N5S.C29H21ClF3N5.C6H6S/c1-23(24-9-4-2-5-10-24)40-34-39-20-19-31(41-34)30-22-32(42-43-33(30)26-11-8-12-27(21-26)35(36,37)38)25-15-17-29(18-16-25)45(44)28-13-6-3-7-14-28;1-23(24-9-4-2-5-10-24)40-34-39-20-19-31(41-34)30-22-32(25-15-17-29(18-16-25)44-28-13-6-3-7-14-28)42-43-33(30)26-11-8-12-27(21-26)35(36,37)38;1-18(19-6-3-2-4-7-19)35-28-34-15-14-25(36-28)24-17-26(20-10-12-23(30)13-11-20)37-38-27(24)21-8-5-9-22(16-21)29(31,32)33;7-6-4-2-1-3-5-6/h2-23H,1H3,(H,39,40,41);2-23H,1H3,(H,39,40,41);2-18H,1H3,(H,34,35,36);1-5,7H/t23-,45?;23-;18-;/m000./s1. The van der Waals surface area contributed by atoms with Gasteiger partial charge in [0.25, 0.3) is 0 Å². The zero-order chi connectivity index (χ0) is 93.7. The normalized spacial score (nSPS) is 12.2. The molecule has 12 aromatic carbocycles. The highest BCUT2D eigenvalue weighted by Crippen LogP contribution is 2.42. The summed E-state index contributed by atoms with van der Waals surface area (Å²) in [6, 6.07) is 106. The Kier molecular flexibility index (Phi) is 30.3. The molecule has 18 aromatic rings. The van der Waals surface area contributed by atoms with Crippen molar-refractivity contribution in [2.45, 2.75) is 81.9 Å². The second-order valence-corrected chi connectivity index (χ2v) is 33.8. The fraction of sp³-hybridized carbons (Fsp3) is 0.0857. The van der Waals surface area contributed by atoms with Gasteiger partial charge in [-0.05, 0) is 183 Å². The molecule has 0 saturated carbocycles. The van der Waals surface area contributed by atoms with E-state index in [1.165, 1.54) is 18.2 Å². The number of hydrogen-bond acceptors (Lipinski definition) is 18. The molecule has 6 heterocycles. The molecule has 0 amide bonds. The molecule has 0 spiro atoms. The summed E-state index contributed by atoms with van der Waals surface area (Å²) in [4.78, 5) is 31.8. The van der Waals surface area contributed by atoms with E-state index in [2.05, 4.69) is 79.1 Å². The largest absolute Gasteiger partial charge is 0.416 e. The summed E-state index contributed by atoms with van der Waals surface area (Å²) in [6.45, 7) is 5.98. The monoisotopic (exact) mass is 1870 g/mol. The Balaban J connectivity index is 0.000000148. The average molecular weight is 1870 g/mol. The number of nitrogens with zero attached hydrogens (tertiary/aromatic N) is 12. The zero-order valence-corrected chi connectivity index (χ0v) is 74.7. The van der Waals surface area contributed by atoms with E-state index in [0.29, 0.717) is 89.1 Å². The van der Waals surface area contributed by atoms with E-state index in [4.69, 9.17) is 21.6 Å². The van der Waals surface area contributed by atoms with Gasteiger partial charge >= 0.3 is 18.5 Å². The minimum atomic E-state index is -4.52. The van der Waals surface area contributed by atoms with Crippen LogP contribution in [0.2, 0.25) is 5.02 Å². The van der Waals surface area contributed by atoms with Crippen LogP contribution in [0.15, 0.2) is 407 Å². The highest BCUT2D eigenvalue weighted by atomic mass is 35.5. The van der Waals surface area contributed by atoms with Crippen molar-refractivity contribution >= 4 is 64.6 Å². The van der Waals surface area contributed by atoms with Crippen LogP contribution in [-0.2, 0) is 29.3 Å². The van der Waals surface area contributed by atoms with Crippen LogP contribution < -0.4 is 16.0 Å². The van der Waals surface area contributed by atoms with Crippen LogP contribution in [0.1, 0.15) is 72.3 Å². The lowest BCUT2D eigenvalue weighted by Crippen LogP contribution is -2.09. The Labute approximate surface area is 783 Å². The van der Waals surface area contributed by atoms with Crippen molar-refractivity contribution in [1.82, 2.24) is 60.5 Å². The smallest absolute Gasteiger partial charge is 0.348 e. The Morgan fingerprint density at radius 2 is 0.597 bits per heavy atom. The summed E-state index contributed by atoms with van der Waals surface area (Å²) in [5.41, 5.74) is 9.26. The molecular weight excluding hydrogens is 1790 g/mol. The van der Waals surface area contributed by atoms with Crippen molar-refractivity contribution in [3.8, 4) is 101 Å². The number of anilines is 3. The average Bonchev–Trinajstić information content (AvgIpc) is 0.786. The van der Waals surface area contributed by atoms with Crippen molar-refractivity contribution in [1.29, 1.82) is 0 Å². The van der Waals surface area contributed by atoms with Crippen LogP contribution in [0.25, 0.3) is 101 Å². The first kappa shape index (κ1) is 93.7. The molecule has 0 saturated heterocycles. The van der Waals surface area contributed by atoms with E-state index in [9.17, 15) is 43.7 Å². The second-order valence-electron chi connectivity index (χ2n) is 30.2. The van der Waals surface area contributed by atoms with E-state index in [1.54, 1.807) is 140 Å². The molecule has 0 radical (unpaired) electrons. The van der Waals surface area contributed by atoms with E-state index >= 15 is 0 Å². The van der Waals surface area contributed by atoms with Gasteiger partial charge in [0.2, 0.25) is 17.8 Å². The van der Waals surface area contributed by atoms with Crippen LogP contribution in [0.4, 0.5) is 57.4 Å². The maximum Gasteiger partial charge on any atom is 0.416 e. The molecule has 134 heavy (non-hydrogen) atoms. The summed E-state index contributed by atoms with van der Waals surface area (Å²) in [6.07, 6.45) is -8.71. The Morgan fingerprint density at radius 1 is 0.306 bits per heavy atom. The van der Waals surface area contributed by atoms with Gasteiger partial charge in [-0.2, -0.15) is 39.5 Å². The highest BCUT2D eigenvalue weighted by Gasteiger charge is 2.34. The molecule has 0 aliphatic rings. The van der Waals surface area contributed by atoms with Crippen molar-refractivity contribution in [2.24, 2.45) is 0 Å². The third-order valence-electron chi connectivity index (χ3n) is 20.8. The summed E-state index contributed by atoms with van der Waals surface area (Å²) < 4.78 is 135. The maximum atomic E-state index is 13.6. The Morgan fingerprint density at radius 3 is 0.918 bits per heavy atom. The summed E-state index contributed by atoms with van der Waals surface area (Å²) in [5, 5.41) is 36.8. The Bertz CT molecular complexity index is 7010. The predicted octanol–water partition coefficient (Wildman–Crippen LogP) is 28.3. The Hall–Kier alpha value is -15.0. The minimum Gasteiger partial charge on any atom is -0.348 e. The molecule has 668 valence electrons. The van der Waals surface area contributed by atoms with Gasteiger partial charge in [-0.25, -0.2) is 34.1 Å². The number of alkyl halides is 9. The molecule has 0 bridgehead atoms. The summed E-state index contributed by atoms with van der Waals surface area (Å²) >= 11 is 11.8. The number of aromatic nitrogens is 12. The molecule has 0 fully saturated rings. The molecule has 18 rings (SSSR count). The predicted molar refractivity (Wildman–Crippen MR) is 513 cm³/mol. The van der Waals surface area contributed by atoms with Gasteiger partial charge in [0.15, 0.2) is 0 Å². The number of benzene rings is 12. The van der Waals surface area contributed by atoms with Crippen LogP contribution >= 0.6 is 36.0 Å². The van der Waals surface area contributed by atoms with Crippen LogP contribution in [-0.4, -0.2) is 64.7 Å². The molecular formula is C105H79ClF9N15OS3. The first-order valence-corrected chi connectivity index (χ1v) is 44.6. The van der Waals surface area contributed by atoms with Gasteiger partial charge in [-0.1, -0.05) is 242 Å². The van der Waals surface area contributed by atoms with Gasteiger partial charge in [0.1, 0.15) is 17.1 Å². The van der Waals surface area contributed by atoms with Crippen molar-refractivity contribution in [2.75, 3.05) is 16.0 Å². The molecule has 16 nitrogen and oxygen atoms in total. The molecule has 29 heteroatoms. The SMILES string of the molecule is C[C@H](Nc1nccc(-c2cc(-c3ccc(Cl)cc3)nnc2-c2cccc(C(F)(F)F)c2)n1)c1ccccc1.C[C@H](Nc1nccc(-c2cc(-c3ccc(S(=O)c4ccccc4)cc3)nnc2-c2cccc(C(F)(F)F)c2)n1)c1ccccc1.C[C@H](Nc1nccc(-c2cc(-c3ccc(Sc4ccccc4)cc3)nnc2-c2cccc(C(F)(F)F)c2)n1)c1ccccc1.Sc1ccccc1. The molecule has 0 aliphatic carbocycles. The number of nitrogens with one attached hydrogen (secondary N) is 3. The lowest BCUT2D eigenvalue weighted by atomic mass is 10.00. The van der Waals surface area contributed by atoms with Crippen LogP contribution in [0.3, 0.4) is 0 Å². The van der Waals surface area contributed by atoms with Crippen molar-refractivity contribution < 1.29 is 43.7 Å². The number of halogens is 10. The van der Waals surface area contributed by atoms with Gasteiger partial charge < -0.3 is 16.0 Å². The molecule has 1 unspecified atom stereocenters. The van der Waals surface area contributed by atoms with Crippen LogP contribution in [0, 0.1) is 0 Å². The van der Waals surface area contributed by atoms with Gasteiger partial charge in [-0.3, -0.25) is 0 Å². The fourth-order valence-electron chi connectivity index (χ4n) is 13.9. The van der Waals surface area contributed by atoms with E-state index in [0.717, 1.165) is 78.9 Å². The fourth-order valence-corrected chi connectivity index (χ4v) is 16.1. The van der Waals surface area contributed by atoms with E-state index in [-0.39, 0.29) is 51.9 Å². The topological polar surface area (TPSA) is 208 Å². The highest BCUT2D eigenvalue weighted by molar-refractivity contribution is 7.99. The van der Waals surface area contributed by atoms with Gasteiger partial charge in [0.05, 0.1) is 79.8 Å². The first-order valence-electron chi connectivity index (χ1n) is 41.8. The quantitative estimate of drug-likeness (QED) is 0.0367. The minimum absolute atomic E-state index is 0.0745. The first-order chi connectivity index (χ1) is 64.8. The van der Waals surface area contributed by atoms with Gasteiger partial charge in [0, 0.05) is 98.2 Å². The third kappa shape index (κ3) is 24.8. The lowest BCUT2D eigenvalue weighted by Gasteiger charge is -2.16. The van der Waals surface area contributed by atoms with Crippen molar-refractivity contribution in [3.63, 3.8) is 0 Å². The summed E-state index contributed by atoms with van der Waals surface area (Å²) in [7, 11) is -1.36. The van der Waals surface area contributed by atoms with Crippen molar-refractivity contribution in [3.05, 3.63) is 421 Å². The number of rotatable bonds is 22. The zero-order valence-electron chi connectivity index (χ0n) is 71.4. The maximum absolute atomic E-state index is 13.6. The van der Waals surface area contributed by atoms with E-state index in [1.807, 2.05) is 221 Å². The number of hydrogen-bond donors (Lipinski definition) is 4. The van der Waals surface area contributed by atoms with Gasteiger partial charge in [-0.15, -0.1) is 43.2 Å². The summed E-state index contributed by atoms with van der Waals surface area (Å²) in [5.74, 6) is 1.11. The molecule has 6 aromatic heterocycles. The van der Waals surface area contributed by atoms with E-state index < -0.39 is 46.0 Å². The van der Waals surface area contributed by atoms with Crippen LogP contribution in [0.5, 0.6) is 0 Å².